The van der Waals surface area contributed by atoms with Crippen LogP contribution in [0.15, 0.2) is 48.8 Å². The summed E-state index contributed by atoms with van der Waals surface area (Å²) < 4.78 is 43.3. The van der Waals surface area contributed by atoms with Gasteiger partial charge in [0.2, 0.25) is 5.88 Å². The fourth-order valence-corrected chi connectivity index (χ4v) is 2.12. The molecule has 3 aromatic rings. The number of halogens is 4. The lowest BCUT2D eigenvalue weighted by Crippen LogP contribution is -2.05. The van der Waals surface area contributed by atoms with E-state index < -0.39 is 11.7 Å². The van der Waals surface area contributed by atoms with Crippen LogP contribution in [0, 0.1) is 0 Å². The second-order valence-electron chi connectivity index (χ2n) is 4.44. The number of hydrogen-bond acceptors (Lipinski definition) is 3. The molecule has 0 radical (unpaired) electrons. The fraction of sp³-hybridized carbons (Fsp3) is 0.0667. The quantitative estimate of drug-likeness (QED) is 0.658. The van der Waals surface area contributed by atoms with Crippen molar-refractivity contribution in [3.8, 4) is 11.6 Å². The molecule has 3 rings (SSSR count). The van der Waals surface area contributed by atoms with E-state index in [1.54, 1.807) is 24.4 Å². The number of pyridine rings is 2. The molecule has 2 heterocycles. The van der Waals surface area contributed by atoms with Gasteiger partial charge in [0.1, 0.15) is 10.5 Å². The van der Waals surface area contributed by atoms with Crippen LogP contribution in [0.5, 0.6) is 11.6 Å². The van der Waals surface area contributed by atoms with Gasteiger partial charge in [0.15, 0.2) is 5.75 Å². The van der Waals surface area contributed by atoms with E-state index in [0.717, 1.165) is 11.5 Å². The lowest BCUT2D eigenvalue weighted by molar-refractivity contribution is -0.137. The Morgan fingerprint density at radius 3 is 2.55 bits per heavy atom. The molecule has 112 valence electrons. The zero-order chi connectivity index (χ0) is 15.7. The van der Waals surface area contributed by atoms with Crippen molar-refractivity contribution in [3.63, 3.8) is 0 Å². The molecule has 0 aliphatic heterocycles. The highest BCUT2D eigenvalue weighted by Crippen LogP contribution is 2.35. The predicted octanol–water partition coefficient (Wildman–Crippen LogP) is 5.09. The highest BCUT2D eigenvalue weighted by Gasteiger charge is 2.31. The number of hydrogen-bond donors (Lipinski definition) is 0. The van der Waals surface area contributed by atoms with Crippen LogP contribution in [0.25, 0.3) is 10.9 Å². The van der Waals surface area contributed by atoms with Crippen LogP contribution < -0.4 is 4.74 Å². The molecule has 1 aromatic carbocycles. The molecular formula is C15H8ClF3N2O. The zero-order valence-corrected chi connectivity index (χ0v) is 11.7. The van der Waals surface area contributed by atoms with Crippen LogP contribution in [0.3, 0.4) is 0 Å². The minimum Gasteiger partial charge on any atom is -0.435 e. The van der Waals surface area contributed by atoms with Gasteiger partial charge in [-0.25, -0.2) is 4.98 Å². The Morgan fingerprint density at radius 2 is 1.82 bits per heavy atom. The molecule has 7 heteroatoms. The Balaban J connectivity index is 1.99. The number of fused-ring (bicyclic) bond motifs is 1. The summed E-state index contributed by atoms with van der Waals surface area (Å²) in [4.78, 5) is 7.83. The van der Waals surface area contributed by atoms with Crippen molar-refractivity contribution in [3.05, 3.63) is 59.4 Å². The summed E-state index contributed by atoms with van der Waals surface area (Å²) in [5.41, 5.74) is -0.358. The van der Waals surface area contributed by atoms with Crippen LogP contribution in [0.4, 0.5) is 13.2 Å². The first-order valence-corrected chi connectivity index (χ1v) is 6.57. The van der Waals surface area contributed by atoms with Crippen molar-refractivity contribution >= 4 is 22.5 Å². The summed E-state index contributed by atoms with van der Waals surface area (Å²) in [6.45, 7) is 0. The molecule has 0 aliphatic carbocycles. The third-order valence-corrected chi connectivity index (χ3v) is 3.21. The molecule has 0 bridgehead atoms. The Labute approximate surface area is 128 Å². The van der Waals surface area contributed by atoms with E-state index in [9.17, 15) is 13.2 Å². The zero-order valence-electron chi connectivity index (χ0n) is 10.9. The number of nitrogens with zero attached hydrogens (tertiary/aromatic N) is 2. The normalized spacial score (nSPS) is 11.6. The van der Waals surface area contributed by atoms with Crippen molar-refractivity contribution in [2.45, 2.75) is 6.18 Å². The first kappa shape index (κ1) is 14.6. The average molecular weight is 325 g/mol. The Morgan fingerprint density at radius 1 is 1.05 bits per heavy atom. The third-order valence-electron chi connectivity index (χ3n) is 2.94. The standard InChI is InChI=1S/C15H8ClF3N2O/c16-11-7-10(15(17,18)19)8-21-14(11)22-12-5-1-3-9-4-2-6-20-13(9)12/h1-8H. The highest BCUT2D eigenvalue weighted by atomic mass is 35.5. The molecule has 0 saturated heterocycles. The molecule has 0 N–H and O–H groups in total. The number of benzene rings is 1. The van der Waals surface area contributed by atoms with Crippen molar-refractivity contribution in [2.75, 3.05) is 0 Å². The van der Waals surface area contributed by atoms with Gasteiger partial charge in [0.05, 0.1) is 5.56 Å². The first-order chi connectivity index (χ1) is 10.4. The van der Waals surface area contributed by atoms with Crippen molar-refractivity contribution in [1.29, 1.82) is 0 Å². The van der Waals surface area contributed by atoms with E-state index in [1.807, 2.05) is 12.1 Å². The number of rotatable bonds is 2. The first-order valence-electron chi connectivity index (χ1n) is 6.19. The summed E-state index contributed by atoms with van der Waals surface area (Å²) in [6, 6.07) is 9.63. The maximum atomic E-state index is 12.6. The second kappa shape index (κ2) is 5.46. The fourth-order valence-electron chi connectivity index (χ4n) is 1.92. The van der Waals surface area contributed by atoms with E-state index in [0.29, 0.717) is 17.5 Å². The monoisotopic (exact) mass is 324 g/mol. The van der Waals surface area contributed by atoms with Gasteiger partial charge in [-0.1, -0.05) is 29.8 Å². The number of ether oxygens (including phenoxy) is 1. The molecule has 0 fully saturated rings. The van der Waals surface area contributed by atoms with E-state index in [1.165, 1.54) is 0 Å². The van der Waals surface area contributed by atoms with Crippen molar-refractivity contribution < 1.29 is 17.9 Å². The summed E-state index contributed by atoms with van der Waals surface area (Å²) >= 11 is 5.83. The molecule has 3 nitrogen and oxygen atoms in total. The molecule has 22 heavy (non-hydrogen) atoms. The maximum absolute atomic E-state index is 12.6. The molecule has 0 unspecified atom stereocenters. The SMILES string of the molecule is FC(F)(F)c1cnc(Oc2cccc3cccnc23)c(Cl)c1. The Hall–Kier alpha value is -2.34. The molecular weight excluding hydrogens is 317 g/mol. The van der Waals surface area contributed by atoms with Crippen LogP contribution in [-0.4, -0.2) is 9.97 Å². The van der Waals surface area contributed by atoms with E-state index in [-0.39, 0.29) is 10.9 Å². The van der Waals surface area contributed by atoms with E-state index in [2.05, 4.69) is 9.97 Å². The predicted molar refractivity (Wildman–Crippen MR) is 76.1 cm³/mol. The minimum absolute atomic E-state index is 0.104. The Bertz CT molecular complexity index is 831. The molecule has 2 aromatic heterocycles. The van der Waals surface area contributed by atoms with Gasteiger partial charge in [-0.3, -0.25) is 4.98 Å². The summed E-state index contributed by atoms with van der Waals surface area (Å²) in [5.74, 6) is 0.264. The lowest BCUT2D eigenvalue weighted by Gasteiger charge is -2.11. The maximum Gasteiger partial charge on any atom is 0.417 e. The van der Waals surface area contributed by atoms with Gasteiger partial charge in [-0.15, -0.1) is 0 Å². The molecule has 0 aliphatic rings. The number of para-hydroxylation sites is 1. The number of alkyl halides is 3. The Kier molecular flexibility index (Phi) is 3.62. The van der Waals surface area contributed by atoms with Crippen LogP contribution in [0.2, 0.25) is 5.02 Å². The smallest absolute Gasteiger partial charge is 0.417 e. The average Bonchev–Trinajstić information content (AvgIpc) is 2.48. The summed E-state index contributed by atoms with van der Waals surface area (Å²) in [7, 11) is 0. The summed E-state index contributed by atoms with van der Waals surface area (Å²) in [6.07, 6.45) is -2.23. The topological polar surface area (TPSA) is 35.0 Å². The largest absolute Gasteiger partial charge is 0.435 e. The molecule has 0 atom stereocenters. The third kappa shape index (κ3) is 2.82. The summed E-state index contributed by atoms with van der Waals surface area (Å²) in [5, 5.41) is 0.616. The minimum atomic E-state index is -4.50. The molecule has 0 spiro atoms. The van der Waals surface area contributed by atoms with Crippen molar-refractivity contribution in [1.82, 2.24) is 9.97 Å². The van der Waals surface area contributed by atoms with Gasteiger partial charge < -0.3 is 4.74 Å². The van der Waals surface area contributed by atoms with Crippen LogP contribution in [-0.2, 0) is 6.18 Å². The lowest BCUT2D eigenvalue weighted by atomic mass is 10.2. The number of aromatic nitrogens is 2. The van der Waals surface area contributed by atoms with Gasteiger partial charge in [-0.2, -0.15) is 13.2 Å². The molecule has 0 saturated carbocycles. The van der Waals surface area contributed by atoms with Crippen molar-refractivity contribution in [2.24, 2.45) is 0 Å². The second-order valence-corrected chi connectivity index (χ2v) is 4.85. The van der Waals surface area contributed by atoms with Gasteiger partial charge >= 0.3 is 6.18 Å². The highest BCUT2D eigenvalue weighted by molar-refractivity contribution is 6.31. The molecule has 0 amide bonds. The van der Waals surface area contributed by atoms with Gasteiger partial charge in [0, 0.05) is 17.8 Å². The van der Waals surface area contributed by atoms with Gasteiger partial charge in [-0.05, 0) is 18.2 Å². The van der Waals surface area contributed by atoms with Crippen LogP contribution >= 0.6 is 11.6 Å². The van der Waals surface area contributed by atoms with E-state index >= 15 is 0 Å². The van der Waals surface area contributed by atoms with Gasteiger partial charge in [0.25, 0.3) is 0 Å². The van der Waals surface area contributed by atoms with Crippen LogP contribution in [0.1, 0.15) is 5.56 Å². The van der Waals surface area contributed by atoms with E-state index in [4.69, 9.17) is 16.3 Å².